The van der Waals surface area contributed by atoms with E-state index in [2.05, 4.69) is 5.32 Å². The van der Waals surface area contributed by atoms with Crippen LogP contribution in [0.2, 0.25) is 10.0 Å². The molecular formula is C18H12Cl2FN3O3. The van der Waals surface area contributed by atoms with Gasteiger partial charge in [-0.2, -0.15) is 5.26 Å². The van der Waals surface area contributed by atoms with Crippen LogP contribution in [0.4, 0.5) is 10.1 Å². The average Bonchev–Trinajstić information content (AvgIpc) is 2.60. The van der Waals surface area contributed by atoms with E-state index < -0.39 is 24.2 Å². The van der Waals surface area contributed by atoms with Crippen molar-refractivity contribution >= 4 is 46.8 Å². The summed E-state index contributed by atoms with van der Waals surface area (Å²) in [6.07, 6.45) is 1.27. The minimum Gasteiger partial charge on any atom is -0.481 e. The number of nitrogens with one attached hydrogen (secondary N) is 1. The van der Waals surface area contributed by atoms with E-state index in [4.69, 9.17) is 33.7 Å². The minimum absolute atomic E-state index is 0.0588. The number of nitrogens with zero attached hydrogens (tertiary/aromatic N) is 1. The molecule has 0 unspecified atom stereocenters. The van der Waals surface area contributed by atoms with Gasteiger partial charge in [0.2, 0.25) is 0 Å². The quantitative estimate of drug-likeness (QED) is 0.563. The fourth-order valence-electron chi connectivity index (χ4n) is 1.99. The van der Waals surface area contributed by atoms with Crippen LogP contribution in [0.5, 0.6) is 5.75 Å². The molecule has 0 aromatic heterocycles. The molecule has 0 aliphatic carbocycles. The Balaban J connectivity index is 2.23. The molecule has 0 bridgehead atoms. The van der Waals surface area contributed by atoms with E-state index in [1.165, 1.54) is 42.5 Å². The molecule has 0 aliphatic heterocycles. The molecule has 0 radical (unpaired) electrons. The van der Waals surface area contributed by atoms with Crippen LogP contribution in [-0.2, 0) is 9.59 Å². The van der Waals surface area contributed by atoms with Crippen LogP contribution in [0, 0.1) is 17.1 Å². The highest BCUT2D eigenvalue weighted by atomic mass is 35.5. The van der Waals surface area contributed by atoms with Gasteiger partial charge in [-0.3, -0.25) is 9.59 Å². The number of anilines is 1. The molecule has 0 aliphatic rings. The maximum Gasteiger partial charge on any atom is 0.266 e. The number of hydrogen-bond donors (Lipinski definition) is 2. The number of carbonyl (C=O) groups is 2. The Morgan fingerprint density at radius 1 is 1.22 bits per heavy atom. The van der Waals surface area contributed by atoms with E-state index in [9.17, 15) is 19.2 Å². The van der Waals surface area contributed by atoms with Gasteiger partial charge in [-0.1, -0.05) is 23.2 Å². The predicted molar refractivity (Wildman–Crippen MR) is 99.8 cm³/mol. The van der Waals surface area contributed by atoms with E-state index in [1.807, 2.05) is 0 Å². The maximum atomic E-state index is 12.9. The second-order valence-electron chi connectivity index (χ2n) is 5.20. The lowest BCUT2D eigenvalue weighted by Crippen LogP contribution is -2.20. The molecule has 9 heteroatoms. The van der Waals surface area contributed by atoms with Gasteiger partial charge in [0.05, 0.1) is 10.0 Å². The van der Waals surface area contributed by atoms with Gasteiger partial charge in [-0.05, 0) is 48.0 Å². The number of benzene rings is 2. The maximum absolute atomic E-state index is 12.9. The highest BCUT2D eigenvalue weighted by Crippen LogP contribution is 2.34. The molecule has 0 saturated heterocycles. The molecule has 138 valence electrons. The zero-order valence-corrected chi connectivity index (χ0v) is 15.1. The second kappa shape index (κ2) is 9.03. The van der Waals surface area contributed by atoms with Crippen molar-refractivity contribution in [1.29, 1.82) is 5.26 Å². The van der Waals surface area contributed by atoms with E-state index in [0.717, 1.165) is 0 Å². The lowest BCUT2D eigenvalue weighted by atomic mass is 10.1. The molecule has 27 heavy (non-hydrogen) atoms. The lowest BCUT2D eigenvalue weighted by Gasteiger charge is -2.09. The number of amides is 2. The largest absolute Gasteiger partial charge is 0.481 e. The Hall–Kier alpha value is -3.08. The van der Waals surface area contributed by atoms with Crippen molar-refractivity contribution in [3.05, 3.63) is 63.4 Å². The number of primary amides is 1. The van der Waals surface area contributed by atoms with Crippen LogP contribution < -0.4 is 15.8 Å². The summed E-state index contributed by atoms with van der Waals surface area (Å²) in [6, 6.07) is 9.67. The fourth-order valence-corrected chi connectivity index (χ4v) is 2.60. The highest BCUT2D eigenvalue weighted by molar-refractivity contribution is 6.37. The minimum atomic E-state index is -0.699. The molecular weight excluding hydrogens is 396 g/mol. The van der Waals surface area contributed by atoms with Gasteiger partial charge in [0.1, 0.15) is 17.5 Å². The summed E-state index contributed by atoms with van der Waals surface area (Å²) in [5.41, 5.74) is 5.46. The first-order valence-electron chi connectivity index (χ1n) is 7.39. The van der Waals surface area contributed by atoms with Crippen LogP contribution in [0.3, 0.4) is 0 Å². The van der Waals surface area contributed by atoms with Gasteiger partial charge < -0.3 is 15.8 Å². The molecule has 3 N–H and O–H groups in total. The SMILES string of the molecule is N#C/C(=C\c1cc(Cl)c(OCC(N)=O)c(Cl)c1)C(=O)Nc1ccc(F)cc1. The number of halogens is 3. The molecule has 2 aromatic carbocycles. The summed E-state index contributed by atoms with van der Waals surface area (Å²) in [5.74, 6) is -1.78. The molecule has 2 rings (SSSR count). The average molecular weight is 408 g/mol. The van der Waals surface area contributed by atoms with E-state index in [0.29, 0.717) is 11.3 Å². The van der Waals surface area contributed by atoms with Gasteiger partial charge in [0.15, 0.2) is 12.4 Å². The number of rotatable bonds is 6. The summed E-state index contributed by atoms with van der Waals surface area (Å²) in [5, 5.41) is 11.9. The van der Waals surface area contributed by atoms with Gasteiger partial charge in [-0.15, -0.1) is 0 Å². The van der Waals surface area contributed by atoms with Gasteiger partial charge in [0.25, 0.3) is 11.8 Å². The van der Waals surface area contributed by atoms with Crippen molar-refractivity contribution in [2.24, 2.45) is 5.73 Å². The standard InChI is InChI=1S/C18H12Cl2FN3O3/c19-14-6-10(7-15(20)17(14)27-9-16(23)25)5-11(8-22)18(26)24-13-3-1-12(21)2-4-13/h1-7H,9H2,(H2,23,25)(H,24,26)/b11-5+. The summed E-state index contributed by atoms with van der Waals surface area (Å²) in [6.45, 7) is -0.405. The van der Waals surface area contributed by atoms with Crippen LogP contribution in [0.1, 0.15) is 5.56 Å². The molecule has 0 heterocycles. The van der Waals surface area contributed by atoms with Gasteiger partial charge in [-0.25, -0.2) is 4.39 Å². The molecule has 0 saturated carbocycles. The van der Waals surface area contributed by atoms with E-state index in [-0.39, 0.29) is 21.4 Å². The Labute approximate surface area is 163 Å². The van der Waals surface area contributed by atoms with Crippen molar-refractivity contribution in [2.45, 2.75) is 0 Å². The van der Waals surface area contributed by atoms with Crippen LogP contribution >= 0.6 is 23.2 Å². The van der Waals surface area contributed by atoms with E-state index >= 15 is 0 Å². The zero-order valence-electron chi connectivity index (χ0n) is 13.6. The molecule has 0 atom stereocenters. The number of nitrogens with two attached hydrogens (primary N) is 1. The number of hydrogen-bond acceptors (Lipinski definition) is 4. The third-order valence-electron chi connectivity index (χ3n) is 3.16. The van der Waals surface area contributed by atoms with Gasteiger partial charge in [0, 0.05) is 5.69 Å². The summed E-state index contributed by atoms with van der Waals surface area (Å²) >= 11 is 12.1. The molecule has 0 spiro atoms. The van der Waals surface area contributed by atoms with Crippen molar-refractivity contribution in [1.82, 2.24) is 0 Å². The first-order chi connectivity index (χ1) is 12.8. The Bertz CT molecular complexity index is 930. The summed E-state index contributed by atoms with van der Waals surface area (Å²) in [4.78, 5) is 23.0. The highest BCUT2D eigenvalue weighted by Gasteiger charge is 2.13. The van der Waals surface area contributed by atoms with Crippen LogP contribution in [0.15, 0.2) is 42.0 Å². The smallest absolute Gasteiger partial charge is 0.266 e. The monoisotopic (exact) mass is 407 g/mol. The van der Waals surface area contributed by atoms with E-state index in [1.54, 1.807) is 6.07 Å². The number of nitriles is 1. The van der Waals surface area contributed by atoms with Crippen molar-refractivity contribution in [3.63, 3.8) is 0 Å². The predicted octanol–water partition coefficient (Wildman–Crippen LogP) is 3.54. The molecule has 2 aromatic rings. The normalized spacial score (nSPS) is 10.8. The topological polar surface area (TPSA) is 105 Å². The van der Waals surface area contributed by atoms with Crippen LogP contribution in [0.25, 0.3) is 6.08 Å². The van der Waals surface area contributed by atoms with Crippen LogP contribution in [-0.4, -0.2) is 18.4 Å². The number of ether oxygens (including phenoxy) is 1. The van der Waals surface area contributed by atoms with Crippen molar-refractivity contribution in [3.8, 4) is 11.8 Å². The first-order valence-corrected chi connectivity index (χ1v) is 8.14. The third kappa shape index (κ3) is 5.71. The van der Waals surface area contributed by atoms with Crippen molar-refractivity contribution in [2.75, 3.05) is 11.9 Å². The van der Waals surface area contributed by atoms with Gasteiger partial charge >= 0.3 is 0 Å². The lowest BCUT2D eigenvalue weighted by molar-refractivity contribution is -0.120. The Morgan fingerprint density at radius 2 is 1.81 bits per heavy atom. The molecule has 0 fully saturated rings. The Kier molecular flexibility index (Phi) is 6.77. The molecule has 6 nitrogen and oxygen atoms in total. The first kappa shape index (κ1) is 20.2. The fraction of sp³-hybridized carbons (Fsp3) is 0.0556. The summed E-state index contributed by atoms with van der Waals surface area (Å²) in [7, 11) is 0. The zero-order chi connectivity index (χ0) is 20.0. The third-order valence-corrected chi connectivity index (χ3v) is 3.72. The Morgan fingerprint density at radius 3 is 2.33 bits per heavy atom. The number of carbonyl (C=O) groups excluding carboxylic acids is 2. The second-order valence-corrected chi connectivity index (χ2v) is 6.01. The summed E-state index contributed by atoms with van der Waals surface area (Å²) < 4.78 is 18.0. The molecule has 2 amide bonds. The van der Waals surface area contributed by atoms with Crippen molar-refractivity contribution < 1.29 is 18.7 Å².